The maximum atomic E-state index is 11.8. The van der Waals surface area contributed by atoms with Crippen LogP contribution in [0.15, 0.2) is 59.5 Å². The van der Waals surface area contributed by atoms with Gasteiger partial charge in [-0.2, -0.15) is 0 Å². The van der Waals surface area contributed by atoms with Gasteiger partial charge in [0.25, 0.3) is 0 Å². The maximum absolute atomic E-state index is 11.8. The summed E-state index contributed by atoms with van der Waals surface area (Å²) in [7, 11) is 0. The van der Waals surface area contributed by atoms with Gasteiger partial charge in [-0.05, 0) is 42.5 Å². The van der Waals surface area contributed by atoms with Gasteiger partial charge in [-0.25, -0.2) is 0 Å². The smallest absolute Gasteiger partial charge is 0.244 e. The van der Waals surface area contributed by atoms with E-state index in [0.717, 1.165) is 11.1 Å². The molecule has 0 spiro atoms. The Hall–Kier alpha value is -2.00. The van der Waals surface area contributed by atoms with Crippen LogP contribution >= 0.6 is 11.8 Å². The van der Waals surface area contributed by atoms with E-state index in [1.807, 2.05) is 55.7 Å². The van der Waals surface area contributed by atoms with Gasteiger partial charge >= 0.3 is 0 Å². The largest absolute Gasteiger partial charge is 0.348 e. The van der Waals surface area contributed by atoms with Crippen molar-refractivity contribution in [1.82, 2.24) is 5.32 Å². The van der Waals surface area contributed by atoms with E-state index in [0.29, 0.717) is 6.54 Å². The number of thioether (sulfide) groups is 1. The number of benzene rings is 2. The lowest BCUT2D eigenvalue weighted by Crippen LogP contribution is -2.20. The number of hydrogen-bond donors (Lipinski definition) is 1. The first-order chi connectivity index (χ1) is 10.2. The van der Waals surface area contributed by atoms with Crippen LogP contribution in [0.25, 0.3) is 6.08 Å². The van der Waals surface area contributed by atoms with Gasteiger partial charge in [-0.15, -0.1) is 11.8 Å². The molecule has 2 rings (SSSR count). The highest BCUT2D eigenvalue weighted by Crippen LogP contribution is 2.14. The molecule has 0 bridgehead atoms. The molecule has 21 heavy (non-hydrogen) atoms. The Kier molecular flexibility index (Phi) is 5.64. The van der Waals surface area contributed by atoms with E-state index in [4.69, 9.17) is 0 Å². The predicted molar refractivity (Wildman–Crippen MR) is 90.3 cm³/mol. The monoisotopic (exact) mass is 297 g/mol. The second-order valence-corrected chi connectivity index (χ2v) is 5.69. The average molecular weight is 297 g/mol. The molecule has 0 heterocycles. The van der Waals surface area contributed by atoms with Crippen LogP contribution in [0.3, 0.4) is 0 Å². The summed E-state index contributed by atoms with van der Waals surface area (Å²) >= 11 is 1.71. The fourth-order valence-corrected chi connectivity index (χ4v) is 2.25. The summed E-state index contributed by atoms with van der Waals surface area (Å²) < 4.78 is 0. The molecule has 108 valence electrons. The number of carbonyl (C=O) groups is 1. The molecule has 3 heteroatoms. The van der Waals surface area contributed by atoms with Crippen LogP contribution in [0.1, 0.15) is 16.7 Å². The Morgan fingerprint density at radius 1 is 1.10 bits per heavy atom. The van der Waals surface area contributed by atoms with Crippen LogP contribution in [0.4, 0.5) is 0 Å². The number of amides is 1. The molecule has 0 aliphatic rings. The van der Waals surface area contributed by atoms with Crippen molar-refractivity contribution in [1.29, 1.82) is 0 Å². The number of rotatable bonds is 5. The molecular weight excluding hydrogens is 278 g/mol. The molecule has 2 nitrogen and oxygen atoms in total. The number of nitrogens with one attached hydrogen (secondary N) is 1. The zero-order valence-corrected chi connectivity index (χ0v) is 13.1. The summed E-state index contributed by atoms with van der Waals surface area (Å²) in [6, 6.07) is 16.3. The number of carbonyl (C=O) groups excluding carboxylic acids is 1. The number of aryl methyl sites for hydroxylation is 1. The summed E-state index contributed by atoms with van der Waals surface area (Å²) in [5, 5.41) is 2.89. The Morgan fingerprint density at radius 2 is 1.76 bits per heavy atom. The Bertz CT molecular complexity index is 615. The molecule has 0 saturated carbocycles. The first-order valence-electron chi connectivity index (χ1n) is 6.83. The van der Waals surface area contributed by atoms with Crippen molar-refractivity contribution in [3.8, 4) is 0 Å². The molecule has 0 saturated heterocycles. The van der Waals surface area contributed by atoms with Crippen molar-refractivity contribution in [2.45, 2.75) is 18.4 Å². The van der Waals surface area contributed by atoms with Gasteiger partial charge in [0.2, 0.25) is 5.91 Å². The summed E-state index contributed by atoms with van der Waals surface area (Å²) in [6.07, 6.45) is 5.44. The van der Waals surface area contributed by atoms with Crippen LogP contribution in [0.2, 0.25) is 0 Å². The molecule has 0 atom stereocenters. The van der Waals surface area contributed by atoms with Crippen LogP contribution < -0.4 is 5.32 Å². The van der Waals surface area contributed by atoms with E-state index in [1.165, 1.54) is 10.5 Å². The molecule has 2 aromatic rings. The van der Waals surface area contributed by atoms with Crippen molar-refractivity contribution in [3.05, 3.63) is 71.3 Å². The standard InChI is InChI=1S/C18H19NOS/c1-14-3-5-15(6-4-14)9-12-18(20)19-13-16-7-10-17(21-2)11-8-16/h3-12H,13H2,1-2H3,(H,19,20)/b12-9+. The lowest BCUT2D eigenvalue weighted by atomic mass is 10.1. The number of hydrogen-bond acceptors (Lipinski definition) is 2. The molecule has 0 aliphatic heterocycles. The van der Waals surface area contributed by atoms with Crippen LogP contribution in [-0.4, -0.2) is 12.2 Å². The topological polar surface area (TPSA) is 29.1 Å². The van der Waals surface area contributed by atoms with Gasteiger partial charge in [-0.3, -0.25) is 4.79 Å². The molecule has 0 unspecified atom stereocenters. The quantitative estimate of drug-likeness (QED) is 0.666. The van der Waals surface area contributed by atoms with Crippen molar-refractivity contribution in [2.24, 2.45) is 0 Å². The van der Waals surface area contributed by atoms with E-state index in [2.05, 4.69) is 17.4 Å². The highest BCUT2D eigenvalue weighted by atomic mass is 32.2. The zero-order valence-electron chi connectivity index (χ0n) is 12.3. The SMILES string of the molecule is CSc1ccc(CNC(=O)/C=C/c2ccc(C)cc2)cc1. The van der Waals surface area contributed by atoms with E-state index in [-0.39, 0.29) is 5.91 Å². The molecule has 0 aromatic heterocycles. The fourth-order valence-electron chi connectivity index (χ4n) is 1.84. The maximum Gasteiger partial charge on any atom is 0.244 e. The van der Waals surface area contributed by atoms with Crippen molar-refractivity contribution < 1.29 is 4.79 Å². The van der Waals surface area contributed by atoms with Gasteiger partial charge in [0.05, 0.1) is 0 Å². The summed E-state index contributed by atoms with van der Waals surface area (Å²) in [5.74, 6) is -0.0791. The van der Waals surface area contributed by atoms with Crippen LogP contribution in [-0.2, 0) is 11.3 Å². The van der Waals surface area contributed by atoms with Gasteiger partial charge < -0.3 is 5.32 Å². The average Bonchev–Trinajstić information content (AvgIpc) is 2.53. The highest BCUT2D eigenvalue weighted by molar-refractivity contribution is 7.98. The normalized spacial score (nSPS) is 10.8. The minimum absolute atomic E-state index is 0.0791. The third-order valence-corrected chi connectivity index (χ3v) is 3.87. The van der Waals surface area contributed by atoms with Crippen LogP contribution in [0, 0.1) is 6.92 Å². The molecule has 0 radical (unpaired) electrons. The van der Waals surface area contributed by atoms with Gasteiger partial charge in [-0.1, -0.05) is 42.0 Å². The third-order valence-electron chi connectivity index (χ3n) is 3.13. The Morgan fingerprint density at radius 3 is 2.38 bits per heavy atom. The van der Waals surface area contributed by atoms with E-state index in [1.54, 1.807) is 17.8 Å². The molecule has 1 N–H and O–H groups in total. The first-order valence-corrected chi connectivity index (χ1v) is 8.05. The Balaban J connectivity index is 1.85. The molecular formula is C18H19NOS. The lowest BCUT2D eigenvalue weighted by Gasteiger charge is -2.03. The van der Waals surface area contributed by atoms with Gasteiger partial charge in [0.15, 0.2) is 0 Å². The Labute approximate surface area is 130 Å². The zero-order chi connectivity index (χ0) is 15.1. The lowest BCUT2D eigenvalue weighted by molar-refractivity contribution is -0.116. The summed E-state index contributed by atoms with van der Waals surface area (Å²) in [5.41, 5.74) is 3.34. The van der Waals surface area contributed by atoms with E-state index in [9.17, 15) is 4.79 Å². The molecule has 0 aliphatic carbocycles. The fraction of sp³-hybridized carbons (Fsp3) is 0.167. The van der Waals surface area contributed by atoms with Crippen LogP contribution in [0.5, 0.6) is 0 Å². The second-order valence-electron chi connectivity index (χ2n) is 4.81. The summed E-state index contributed by atoms with van der Waals surface area (Å²) in [6.45, 7) is 2.59. The third kappa shape index (κ3) is 5.12. The van der Waals surface area contributed by atoms with Crippen molar-refractivity contribution in [2.75, 3.05) is 6.26 Å². The minimum atomic E-state index is -0.0791. The van der Waals surface area contributed by atoms with Gasteiger partial charge in [0.1, 0.15) is 0 Å². The highest BCUT2D eigenvalue weighted by Gasteiger charge is 1.97. The first kappa shape index (κ1) is 15.4. The molecule has 1 amide bonds. The van der Waals surface area contributed by atoms with Crippen molar-refractivity contribution >= 4 is 23.7 Å². The molecule has 0 fully saturated rings. The summed E-state index contributed by atoms with van der Waals surface area (Å²) in [4.78, 5) is 13.0. The van der Waals surface area contributed by atoms with Gasteiger partial charge in [0, 0.05) is 17.5 Å². The van der Waals surface area contributed by atoms with E-state index < -0.39 is 0 Å². The van der Waals surface area contributed by atoms with Crippen molar-refractivity contribution in [3.63, 3.8) is 0 Å². The van der Waals surface area contributed by atoms with E-state index >= 15 is 0 Å². The second kappa shape index (κ2) is 7.70. The molecule has 2 aromatic carbocycles. The minimum Gasteiger partial charge on any atom is -0.348 e. The predicted octanol–water partition coefficient (Wildman–Crippen LogP) is 4.05.